The third kappa shape index (κ3) is 5.78. The van der Waals surface area contributed by atoms with Gasteiger partial charge in [0.1, 0.15) is 5.76 Å². The number of unbranched alkanes of at least 4 members (excludes halogenated alkanes) is 7. The fraction of sp³-hybridized carbons (Fsp3) is 0.850. The molecule has 0 N–H and O–H groups in total. The van der Waals surface area contributed by atoms with Crippen LogP contribution in [0.4, 0.5) is 0 Å². The number of nitrogens with zero attached hydrogens (tertiary/aromatic N) is 1. The molecule has 0 spiro atoms. The molecule has 22 heavy (non-hydrogen) atoms. The minimum atomic E-state index is 0.244. The van der Waals surface area contributed by atoms with Gasteiger partial charge in [0.25, 0.3) is 0 Å². The maximum atomic E-state index is 5.46. The number of rotatable bonds is 12. The number of hydrogen-bond donors (Lipinski definition) is 0. The highest BCUT2D eigenvalue weighted by molar-refractivity contribution is 5.30. The van der Waals surface area contributed by atoms with Crippen LogP contribution in [0.2, 0.25) is 0 Å². The Labute approximate surface area is 138 Å². The van der Waals surface area contributed by atoms with E-state index in [1.54, 1.807) is 0 Å². The summed E-state index contributed by atoms with van der Waals surface area (Å²) >= 11 is 0. The molecule has 0 bridgehead atoms. The van der Waals surface area contributed by atoms with Gasteiger partial charge >= 0.3 is 0 Å². The second-order valence-electron chi connectivity index (χ2n) is 7.23. The van der Waals surface area contributed by atoms with Crippen LogP contribution in [0.1, 0.15) is 108 Å². The summed E-state index contributed by atoms with van der Waals surface area (Å²) in [7, 11) is 0. The van der Waals surface area contributed by atoms with Gasteiger partial charge in [-0.1, -0.05) is 83.7 Å². The predicted octanol–water partition coefficient (Wildman–Crippen LogP) is 6.88. The fourth-order valence-corrected chi connectivity index (χ4v) is 3.78. The molecule has 1 unspecified atom stereocenters. The molecule has 0 saturated carbocycles. The monoisotopic (exact) mass is 307 g/mol. The molecule has 2 nitrogen and oxygen atoms in total. The van der Waals surface area contributed by atoms with Crippen molar-refractivity contribution >= 4 is 0 Å². The third-order valence-electron chi connectivity index (χ3n) is 5.05. The zero-order valence-corrected chi connectivity index (χ0v) is 15.6. The molecule has 1 rings (SSSR count). The summed E-state index contributed by atoms with van der Waals surface area (Å²) in [5.41, 5.74) is 2.73. The summed E-state index contributed by atoms with van der Waals surface area (Å²) in [6.45, 7) is 11.2. The topological polar surface area (TPSA) is 26.0 Å². The molecule has 1 aromatic rings. The van der Waals surface area contributed by atoms with Crippen LogP contribution in [0.5, 0.6) is 0 Å². The van der Waals surface area contributed by atoms with E-state index in [1.807, 2.05) is 0 Å². The lowest BCUT2D eigenvalue weighted by Crippen LogP contribution is -2.23. The lowest BCUT2D eigenvalue weighted by atomic mass is 9.73. The van der Waals surface area contributed by atoms with Crippen molar-refractivity contribution in [2.75, 3.05) is 0 Å². The Morgan fingerprint density at radius 3 is 1.77 bits per heavy atom. The Kier molecular flexibility index (Phi) is 8.82. The van der Waals surface area contributed by atoms with Gasteiger partial charge in [0.15, 0.2) is 0 Å². The summed E-state index contributed by atoms with van der Waals surface area (Å²) < 4.78 is 5.46. The van der Waals surface area contributed by atoms with Crippen molar-refractivity contribution in [3.63, 3.8) is 0 Å². The smallest absolute Gasteiger partial charge is 0.137 e. The predicted molar refractivity (Wildman–Crippen MR) is 95.5 cm³/mol. The number of hydrogen-bond acceptors (Lipinski definition) is 2. The first kappa shape index (κ1) is 19.3. The second-order valence-corrected chi connectivity index (χ2v) is 7.23. The molecule has 1 aromatic heterocycles. The summed E-state index contributed by atoms with van der Waals surface area (Å²) in [5.74, 6) is 1.03. The highest BCUT2D eigenvalue weighted by Gasteiger charge is 2.31. The van der Waals surface area contributed by atoms with Crippen molar-refractivity contribution in [3.8, 4) is 0 Å². The highest BCUT2D eigenvalue weighted by atomic mass is 16.5. The van der Waals surface area contributed by atoms with E-state index in [1.165, 1.54) is 76.2 Å². The zero-order valence-electron chi connectivity index (χ0n) is 15.6. The summed E-state index contributed by atoms with van der Waals surface area (Å²) in [5, 5.41) is 4.21. The molecule has 128 valence electrons. The summed E-state index contributed by atoms with van der Waals surface area (Å²) in [6, 6.07) is 0. The van der Waals surface area contributed by atoms with E-state index >= 15 is 0 Å². The van der Waals surface area contributed by atoms with Crippen LogP contribution in [0, 0.1) is 13.8 Å². The molecule has 2 heteroatoms. The van der Waals surface area contributed by atoms with Gasteiger partial charge in [-0.15, -0.1) is 0 Å². The summed E-state index contributed by atoms with van der Waals surface area (Å²) in [6.07, 6.45) is 14.6. The third-order valence-corrected chi connectivity index (χ3v) is 5.05. The summed E-state index contributed by atoms with van der Waals surface area (Å²) in [4.78, 5) is 0. The number of aromatic nitrogens is 1. The van der Waals surface area contributed by atoms with Crippen molar-refractivity contribution in [3.05, 3.63) is 17.0 Å². The van der Waals surface area contributed by atoms with E-state index in [2.05, 4.69) is 39.8 Å². The van der Waals surface area contributed by atoms with E-state index in [4.69, 9.17) is 4.52 Å². The van der Waals surface area contributed by atoms with Gasteiger partial charge in [0.05, 0.1) is 5.69 Å². The first-order valence-electron chi connectivity index (χ1n) is 9.48. The normalized spacial score (nSPS) is 14.2. The lowest BCUT2D eigenvalue weighted by Gasteiger charge is -2.30. The highest BCUT2D eigenvalue weighted by Crippen LogP contribution is 2.38. The van der Waals surface area contributed by atoms with E-state index in [0.29, 0.717) is 0 Å². The van der Waals surface area contributed by atoms with Gasteiger partial charge in [-0.05, 0) is 32.1 Å². The minimum Gasteiger partial charge on any atom is -0.361 e. The van der Waals surface area contributed by atoms with Crippen molar-refractivity contribution in [2.45, 2.75) is 111 Å². The fourth-order valence-electron chi connectivity index (χ4n) is 3.78. The Bertz CT molecular complexity index is 390. The average Bonchev–Trinajstić information content (AvgIpc) is 2.83. The molecule has 0 aliphatic rings. The molecule has 0 aliphatic heterocycles. The molecule has 0 aromatic carbocycles. The first-order valence-corrected chi connectivity index (χ1v) is 9.48. The van der Waals surface area contributed by atoms with Gasteiger partial charge in [-0.2, -0.15) is 0 Å². The molecule has 0 aliphatic carbocycles. The molecule has 1 heterocycles. The van der Waals surface area contributed by atoms with E-state index in [9.17, 15) is 0 Å². The van der Waals surface area contributed by atoms with Crippen LogP contribution < -0.4 is 0 Å². The van der Waals surface area contributed by atoms with Gasteiger partial charge in [-0.25, -0.2) is 0 Å². The van der Waals surface area contributed by atoms with E-state index in [-0.39, 0.29) is 5.41 Å². The minimum absolute atomic E-state index is 0.244. The Balaban J connectivity index is 2.67. The van der Waals surface area contributed by atoms with E-state index < -0.39 is 0 Å². The first-order chi connectivity index (χ1) is 10.5. The SMILES string of the molecule is CCCCCCCC(C)(CCCCCC)c1c(C)noc1C. The molecular formula is C20H37NO. The molecule has 0 radical (unpaired) electrons. The van der Waals surface area contributed by atoms with Crippen LogP contribution in [-0.2, 0) is 5.41 Å². The largest absolute Gasteiger partial charge is 0.361 e. The maximum Gasteiger partial charge on any atom is 0.137 e. The lowest BCUT2D eigenvalue weighted by molar-refractivity contribution is 0.350. The molecule has 0 saturated heterocycles. The van der Waals surface area contributed by atoms with E-state index in [0.717, 1.165) is 11.5 Å². The van der Waals surface area contributed by atoms with Crippen molar-refractivity contribution in [1.82, 2.24) is 5.16 Å². The zero-order chi connectivity index (χ0) is 16.4. The molecule has 0 amide bonds. The Hall–Kier alpha value is -0.790. The maximum absolute atomic E-state index is 5.46. The van der Waals surface area contributed by atoms with Crippen LogP contribution in [0.15, 0.2) is 4.52 Å². The van der Waals surface area contributed by atoms with Crippen molar-refractivity contribution in [2.24, 2.45) is 0 Å². The van der Waals surface area contributed by atoms with Gasteiger partial charge in [0, 0.05) is 5.56 Å². The van der Waals surface area contributed by atoms with Gasteiger partial charge < -0.3 is 4.52 Å². The Morgan fingerprint density at radius 2 is 1.32 bits per heavy atom. The molecule has 1 atom stereocenters. The Morgan fingerprint density at radius 1 is 0.818 bits per heavy atom. The molecule has 0 fully saturated rings. The standard InChI is InChI=1S/C20H37NO/c1-6-8-10-12-14-16-20(5,15-13-11-9-7-2)19-17(3)21-22-18(19)4/h6-16H2,1-5H3. The van der Waals surface area contributed by atoms with Crippen LogP contribution in [0.25, 0.3) is 0 Å². The quantitative estimate of drug-likeness (QED) is 0.393. The van der Waals surface area contributed by atoms with Crippen LogP contribution >= 0.6 is 0 Å². The van der Waals surface area contributed by atoms with Crippen molar-refractivity contribution < 1.29 is 4.52 Å². The van der Waals surface area contributed by atoms with Crippen molar-refractivity contribution in [1.29, 1.82) is 0 Å². The second kappa shape index (κ2) is 10.1. The van der Waals surface area contributed by atoms with Gasteiger partial charge in [-0.3, -0.25) is 0 Å². The van der Waals surface area contributed by atoms with Crippen LogP contribution in [0.3, 0.4) is 0 Å². The van der Waals surface area contributed by atoms with Crippen LogP contribution in [-0.4, -0.2) is 5.16 Å². The number of aryl methyl sites for hydroxylation is 2. The molecular weight excluding hydrogens is 270 g/mol. The van der Waals surface area contributed by atoms with Gasteiger partial charge in [0.2, 0.25) is 0 Å². The average molecular weight is 308 g/mol.